The van der Waals surface area contributed by atoms with Crippen molar-refractivity contribution in [2.24, 2.45) is 5.73 Å². The number of nitrogens with zero attached hydrogens (tertiary/aromatic N) is 2. The summed E-state index contributed by atoms with van der Waals surface area (Å²) in [5.41, 5.74) is 9.31. The van der Waals surface area contributed by atoms with E-state index in [0.29, 0.717) is 23.7 Å². The van der Waals surface area contributed by atoms with Crippen molar-refractivity contribution in [3.8, 4) is 0 Å². The zero-order valence-electron chi connectivity index (χ0n) is 11.1. The first kappa shape index (κ1) is 14.0. The van der Waals surface area contributed by atoms with Crippen LogP contribution in [0.5, 0.6) is 0 Å². The molecule has 5 heteroatoms. The Morgan fingerprint density at radius 3 is 2.74 bits per heavy atom. The summed E-state index contributed by atoms with van der Waals surface area (Å²) in [6.07, 6.45) is 0.792. The number of aromatic nitrogens is 2. The van der Waals surface area contributed by atoms with Crippen molar-refractivity contribution in [1.29, 1.82) is 0 Å². The van der Waals surface area contributed by atoms with Crippen molar-refractivity contribution in [1.82, 2.24) is 9.78 Å². The predicted molar refractivity (Wildman–Crippen MR) is 75.0 cm³/mol. The number of benzene rings is 1. The van der Waals surface area contributed by atoms with E-state index >= 15 is 0 Å². The molecule has 0 aliphatic heterocycles. The van der Waals surface area contributed by atoms with Gasteiger partial charge in [0.05, 0.1) is 12.2 Å². The van der Waals surface area contributed by atoms with Crippen molar-refractivity contribution in [3.05, 3.63) is 51.6 Å². The van der Waals surface area contributed by atoms with E-state index in [0.717, 1.165) is 23.4 Å². The molecule has 0 bridgehead atoms. The molecule has 0 aliphatic carbocycles. The Bertz CT molecular complexity index is 593. The maximum Gasteiger partial charge on any atom is 0.129 e. The minimum atomic E-state index is -0.305. The number of rotatable bonds is 4. The van der Waals surface area contributed by atoms with Crippen LogP contribution in [-0.2, 0) is 13.0 Å². The summed E-state index contributed by atoms with van der Waals surface area (Å²) in [5, 5.41) is 4.85. The largest absolute Gasteiger partial charge is 0.330 e. The van der Waals surface area contributed by atoms with Crippen LogP contribution in [0.15, 0.2) is 18.2 Å². The quantitative estimate of drug-likeness (QED) is 0.936. The van der Waals surface area contributed by atoms with Gasteiger partial charge in [0.2, 0.25) is 0 Å². The smallest absolute Gasteiger partial charge is 0.129 e. The van der Waals surface area contributed by atoms with Crippen LogP contribution in [0.2, 0.25) is 5.02 Å². The van der Waals surface area contributed by atoms with Crippen LogP contribution in [0.4, 0.5) is 4.39 Å². The van der Waals surface area contributed by atoms with E-state index in [1.165, 1.54) is 6.07 Å². The monoisotopic (exact) mass is 281 g/mol. The third kappa shape index (κ3) is 2.96. The molecule has 0 saturated heterocycles. The molecule has 19 heavy (non-hydrogen) atoms. The van der Waals surface area contributed by atoms with Gasteiger partial charge in [0.15, 0.2) is 0 Å². The molecule has 3 nitrogen and oxygen atoms in total. The van der Waals surface area contributed by atoms with Gasteiger partial charge in [0, 0.05) is 16.3 Å². The Labute approximate surface area is 117 Å². The molecule has 1 aromatic carbocycles. The van der Waals surface area contributed by atoms with Crippen LogP contribution >= 0.6 is 11.6 Å². The molecule has 0 aliphatic rings. The fourth-order valence-electron chi connectivity index (χ4n) is 2.21. The third-order valence-corrected chi connectivity index (χ3v) is 3.50. The number of aryl methyl sites for hydroxylation is 1. The Hall–Kier alpha value is -1.39. The normalized spacial score (nSPS) is 11.0. The van der Waals surface area contributed by atoms with E-state index in [4.69, 9.17) is 17.3 Å². The zero-order chi connectivity index (χ0) is 14.0. The average Bonchev–Trinajstić information content (AvgIpc) is 2.61. The van der Waals surface area contributed by atoms with Crippen LogP contribution in [0.25, 0.3) is 0 Å². The first-order chi connectivity index (χ1) is 9.02. The second kappa shape index (κ2) is 5.72. The Kier molecular flexibility index (Phi) is 4.22. The van der Waals surface area contributed by atoms with Gasteiger partial charge < -0.3 is 5.73 Å². The highest BCUT2D eigenvalue weighted by atomic mass is 35.5. The van der Waals surface area contributed by atoms with E-state index in [1.54, 1.807) is 12.1 Å². The standard InChI is InChI=1S/C14H17ClFN3/c1-9-13(5-6-17)10(2)19(18-9)8-11-3-4-12(15)7-14(11)16/h3-4,7H,5-6,8,17H2,1-2H3. The molecule has 0 radical (unpaired) electrons. The molecule has 0 saturated carbocycles. The maximum atomic E-state index is 13.8. The molecule has 0 unspecified atom stereocenters. The molecular formula is C14H17ClFN3. The fraction of sp³-hybridized carbons (Fsp3) is 0.357. The van der Waals surface area contributed by atoms with E-state index < -0.39 is 0 Å². The summed E-state index contributed by atoms with van der Waals surface area (Å²) in [6, 6.07) is 4.70. The number of nitrogens with two attached hydrogens (primary N) is 1. The molecule has 0 atom stereocenters. The molecule has 1 aromatic heterocycles. The molecular weight excluding hydrogens is 265 g/mol. The highest BCUT2D eigenvalue weighted by molar-refractivity contribution is 6.30. The Balaban J connectivity index is 2.31. The van der Waals surface area contributed by atoms with Crippen LogP contribution in [0.1, 0.15) is 22.5 Å². The molecule has 0 fully saturated rings. The Morgan fingerprint density at radius 2 is 2.11 bits per heavy atom. The zero-order valence-corrected chi connectivity index (χ0v) is 11.8. The van der Waals surface area contributed by atoms with Gasteiger partial charge >= 0.3 is 0 Å². The summed E-state index contributed by atoms with van der Waals surface area (Å²) < 4.78 is 15.6. The predicted octanol–water partition coefficient (Wildman–Crippen LogP) is 2.84. The van der Waals surface area contributed by atoms with Gasteiger partial charge in [-0.3, -0.25) is 4.68 Å². The second-order valence-corrected chi connectivity index (χ2v) is 5.02. The Morgan fingerprint density at radius 1 is 1.37 bits per heavy atom. The minimum absolute atomic E-state index is 0.305. The van der Waals surface area contributed by atoms with Crippen molar-refractivity contribution in [3.63, 3.8) is 0 Å². The van der Waals surface area contributed by atoms with Gasteiger partial charge in [0.1, 0.15) is 5.82 Å². The van der Waals surface area contributed by atoms with Crippen LogP contribution in [-0.4, -0.2) is 16.3 Å². The summed E-state index contributed by atoms with van der Waals surface area (Å²) in [5.74, 6) is -0.305. The molecule has 0 spiro atoms. The fourth-order valence-corrected chi connectivity index (χ4v) is 2.36. The van der Waals surface area contributed by atoms with E-state index in [9.17, 15) is 4.39 Å². The lowest BCUT2D eigenvalue weighted by atomic mass is 10.1. The third-order valence-electron chi connectivity index (χ3n) is 3.26. The highest BCUT2D eigenvalue weighted by Crippen LogP contribution is 2.18. The highest BCUT2D eigenvalue weighted by Gasteiger charge is 2.12. The van der Waals surface area contributed by atoms with Crippen molar-refractivity contribution < 1.29 is 4.39 Å². The maximum absolute atomic E-state index is 13.8. The van der Waals surface area contributed by atoms with Gasteiger partial charge in [-0.15, -0.1) is 0 Å². The molecule has 2 aromatic rings. The van der Waals surface area contributed by atoms with Gasteiger partial charge in [-0.2, -0.15) is 5.10 Å². The number of hydrogen-bond acceptors (Lipinski definition) is 2. The van der Waals surface area contributed by atoms with Crippen LogP contribution < -0.4 is 5.73 Å². The topological polar surface area (TPSA) is 43.8 Å². The van der Waals surface area contributed by atoms with Crippen molar-refractivity contribution in [2.45, 2.75) is 26.8 Å². The molecule has 0 amide bonds. The van der Waals surface area contributed by atoms with Crippen LogP contribution in [0, 0.1) is 19.7 Å². The van der Waals surface area contributed by atoms with E-state index in [2.05, 4.69) is 5.10 Å². The molecule has 2 rings (SSSR count). The van der Waals surface area contributed by atoms with Crippen molar-refractivity contribution >= 4 is 11.6 Å². The van der Waals surface area contributed by atoms with Crippen LogP contribution in [0.3, 0.4) is 0 Å². The lowest BCUT2D eigenvalue weighted by molar-refractivity contribution is 0.578. The summed E-state index contributed by atoms with van der Waals surface area (Å²) in [6.45, 7) is 4.93. The lowest BCUT2D eigenvalue weighted by Gasteiger charge is -2.07. The summed E-state index contributed by atoms with van der Waals surface area (Å²) in [4.78, 5) is 0. The lowest BCUT2D eigenvalue weighted by Crippen LogP contribution is -2.07. The van der Waals surface area contributed by atoms with E-state index in [1.807, 2.05) is 18.5 Å². The first-order valence-corrected chi connectivity index (χ1v) is 6.57. The first-order valence-electron chi connectivity index (χ1n) is 6.19. The van der Waals surface area contributed by atoms with Gasteiger partial charge in [0.25, 0.3) is 0 Å². The number of hydrogen-bond donors (Lipinski definition) is 1. The van der Waals surface area contributed by atoms with E-state index in [-0.39, 0.29) is 5.82 Å². The second-order valence-electron chi connectivity index (χ2n) is 4.58. The average molecular weight is 282 g/mol. The summed E-state index contributed by atoms with van der Waals surface area (Å²) in [7, 11) is 0. The molecule has 2 N–H and O–H groups in total. The van der Waals surface area contributed by atoms with Gasteiger partial charge in [-0.25, -0.2) is 4.39 Å². The molecule has 1 heterocycles. The summed E-state index contributed by atoms with van der Waals surface area (Å²) >= 11 is 5.75. The van der Waals surface area contributed by atoms with Crippen molar-refractivity contribution in [2.75, 3.05) is 6.54 Å². The number of halogens is 2. The SMILES string of the molecule is Cc1nn(Cc2ccc(Cl)cc2F)c(C)c1CCN. The molecule has 102 valence electrons. The van der Waals surface area contributed by atoms with Gasteiger partial charge in [-0.1, -0.05) is 17.7 Å². The minimum Gasteiger partial charge on any atom is -0.330 e. The van der Waals surface area contributed by atoms with Gasteiger partial charge in [-0.05, 0) is 44.5 Å².